The summed E-state index contributed by atoms with van der Waals surface area (Å²) < 4.78 is 1.09. The zero-order valence-electron chi connectivity index (χ0n) is 10.5. The average molecular weight is 374 g/mol. The van der Waals surface area contributed by atoms with E-state index >= 15 is 0 Å². The minimum atomic E-state index is -0.850. The number of nitrogens with zero attached hydrogens (tertiary/aromatic N) is 1. The van der Waals surface area contributed by atoms with Crippen LogP contribution in [0.25, 0.3) is 0 Å². The lowest BCUT2D eigenvalue weighted by molar-refractivity contribution is -0.146. The van der Waals surface area contributed by atoms with Crippen LogP contribution in [-0.4, -0.2) is 35.1 Å². The summed E-state index contributed by atoms with van der Waals surface area (Å²) in [5.74, 6) is -0.850. The molecule has 0 bridgehead atoms. The number of carboxylic acid groups (broad SMARTS) is 1. The zero-order valence-corrected chi connectivity index (χ0v) is 12.7. The van der Waals surface area contributed by atoms with Crippen molar-refractivity contribution in [2.45, 2.75) is 13.3 Å². The van der Waals surface area contributed by atoms with Crippen LogP contribution in [0.1, 0.15) is 13.3 Å². The fourth-order valence-corrected chi connectivity index (χ4v) is 2.40. The van der Waals surface area contributed by atoms with Crippen molar-refractivity contribution in [3.63, 3.8) is 0 Å². The Labute approximate surface area is 125 Å². The first-order chi connectivity index (χ1) is 8.90. The second-order valence-corrected chi connectivity index (χ2v) is 6.22. The van der Waals surface area contributed by atoms with Gasteiger partial charge in [0, 0.05) is 22.3 Å². The fourth-order valence-electron chi connectivity index (χ4n) is 2.04. The molecule has 1 fully saturated rings. The monoisotopic (exact) mass is 374 g/mol. The molecule has 1 aromatic rings. The Balaban J connectivity index is 1.98. The maximum absolute atomic E-state index is 12.0. The Hall–Kier alpha value is -1.31. The number of nitrogens with one attached hydrogen (secondary N) is 1. The van der Waals surface area contributed by atoms with Crippen molar-refractivity contribution in [3.05, 3.63) is 27.8 Å². The number of anilines is 1. The molecule has 1 unspecified atom stereocenters. The predicted octanol–water partition coefficient (Wildman–Crippen LogP) is 2.62. The number of likely N-dealkylation sites (tertiary alicyclic amines) is 1. The Bertz CT molecular complexity index is 503. The van der Waals surface area contributed by atoms with Gasteiger partial charge in [-0.1, -0.05) is 0 Å². The van der Waals surface area contributed by atoms with E-state index in [0.29, 0.717) is 18.7 Å². The van der Waals surface area contributed by atoms with Crippen LogP contribution in [0.3, 0.4) is 0 Å². The number of amides is 2. The summed E-state index contributed by atoms with van der Waals surface area (Å²) in [5.41, 5.74) is -0.113. The first-order valence-corrected chi connectivity index (χ1v) is 7.03. The third-order valence-corrected chi connectivity index (χ3v) is 4.09. The molecular weight excluding hydrogens is 359 g/mol. The highest BCUT2D eigenvalue weighted by Gasteiger charge is 2.42. The fraction of sp³-hybridized carbons (Fsp3) is 0.385. The predicted molar refractivity (Wildman–Crippen MR) is 80.1 cm³/mol. The number of hydrogen-bond donors (Lipinski definition) is 2. The van der Waals surface area contributed by atoms with Crippen LogP contribution in [0.2, 0.25) is 0 Å². The minimum Gasteiger partial charge on any atom is -0.481 e. The van der Waals surface area contributed by atoms with Crippen LogP contribution in [0.15, 0.2) is 24.3 Å². The van der Waals surface area contributed by atoms with E-state index in [9.17, 15) is 9.59 Å². The highest BCUT2D eigenvalue weighted by atomic mass is 127. The summed E-state index contributed by atoms with van der Waals surface area (Å²) in [7, 11) is 0. The molecule has 1 aromatic carbocycles. The van der Waals surface area contributed by atoms with Gasteiger partial charge in [-0.2, -0.15) is 0 Å². The minimum absolute atomic E-state index is 0.244. The smallest absolute Gasteiger partial charge is 0.321 e. The van der Waals surface area contributed by atoms with Gasteiger partial charge in [0.15, 0.2) is 0 Å². The van der Waals surface area contributed by atoms with Crippen LogP contribution < -0.4 is 5.32 Å². The largest absolute Gasteiger partial charge is 0.481 e. The molecule has 0 radical (unpaired) electrons. The number of rotatable bonds is 2. The summed E-state index contributed by atoms with van der Waals surface area (Å²) in [4.78, 5) is 24.7. The van der Waals surface area contributed by atoms with E-state index in [1.54, 1.807) is 11.8 Å². The second kappa shape index (κ2) is 5.36. The van der Waals surface area contributed by atoms with E-state index in [1.165, 1.54) is 0 Å². The van der Waals surface area contributed by atoms with Crippen molar-refractivity contribution in [1.29, 1.82) is 0 Å². The molecular formula is C13H15IN2O3. The number of hydrogen-bond acceptors (Lipinski definition) is 2. The van der Waals surface area contributed by atoms with Crippen LogP contribution in [0.4, 0.5) is 10.5 Å². The van der Waals surface area contributed by atoms with E-state index in [2.05, 4.69) is 27.9 Å². The third-order valence-electron chi connectivity index (χ3n) is 3.37. The van der Waals surface area contributed by atoms with Gasteiger partial charge in [-0.3, -0.25) is 4.79 Å². The van der Waals surface area contributed by atoms with Gasteiger partial charge in [0.1, 0.15) is 0 Å². The molecule has 5 nitrogen and oxygen atoms in total. The number of carboxylic acids is 1. The summed E-state index contributed by atoms with van der Waals surface area (Å²) in [6.07, 6.45) is 0.489. The van der Waals surface area contributed by atoms with Gasteiger partial charge in [-0.25, -0.2) is 4.79 Å². The molecule has 102 valence electrons. The molecule has 1 heterocycles. The van der Waals surface area contributed by atoms with Crippen molar-refractivity contribution in [3.8, 4) is 0 Å². The lowest BCUT2D eigenvalue weighted by Crippen LogP contribution is -2.37. The van der Waals surface area contributed by atoms with Crippen molar-refractivity contribution in [2.24, 2.45) is 5.41 Å². The summed E-state index contributed by atoms with van der Waals surface area (Å²) >= 11 is 2.19. The normalized spacial score (nSPS) is 22.3. The van der Waals surface area contributed by atoms with Crippen LogP contribution >= 0.6 is 22.6 Å². The van der Waals surface area contributed by atoms with E-state index < -0.39 is 11.4 Å². The van der Waals surface area contributed by atoms with Gasteiger partial charge in [0.25, 0.3) is 0 Å². The quantitative estimate of drug-likeness (QED) is 0.782. The van der Waals surface area contributed by atoms with E-state index in [4.69, 9.17) is 5.11 Å². The number of halogens is 1. The maximum atomic E-state index is 12.0. The van der Waals surface area contributed by atoms with Gasteiger partial charge >= 0.3 is 12.0 Å². The molecule has 2 amide bonds. The van der Waals surface area contributed by atoms with Gasteiger partial charge in [0.2, 0.25) is 0 Å². The molecule has 0 aliphatic carbocycles. The molecule has 1 saturated heterocycles. The number of carbonyl (C=O) groups excluding carboxylic acids is 1. The molecule has 1 aliphatic heterocycles. The number of urea groups is 1. The van der Waals surface area contributed by atoms with Crippen molar-refractivity contribution >= 4 is 40.3 Å². The van der Waals surface area contributed by atoms with Crippen molar-refractivity contribution in [2.75, 3.05) is 18.4 Å². The first-order valence-electron chi connectivity index (χ1n) is 5.96. The molecule has 2 rings (SSSR count). The third kappa shape index (κ3) is 3.17. The van der Waals surface area contributed by atoms with E-state index in [1.807, 2.05) is 24.3 Å². The number of benzene rings is 1. The average Bonchev–Trinajstić information content (AvgIpc) is 2.76. The standard InChI is InChI=1S/C13H15IN2O3/c1-13(11(17)18)6-7-16(8-13)12(19)15-10-4-2-9(14)3-5-10/h2-5H,6-8H2,1H3,(H,15,19)(H,17,18). The van der Waals surface area contributed by atoms with Gasteiger partial charge < -0.3 is 15.3 Å². The summed E-state index contributed by atoms with van der Waals surface area (Å²) in [6.45, 7) is 2.39. The van der Waals surface area contributed by atoms with Crippen molar-refractivity contribution < 1.29 is 14.7 Å². The van der Waals surface area contributed by atoms with Crippen LogP contribution in [-0.2, 0) is 4.79 Å². The molecule has 0 saturated carbocycles. The molecule has 6 heteroatoms. The Morgan fingerprint density at radius 1 is 1.37 bits per heavy atom. The molecule has 1 aliphatic rings. The summed E-state index contributed by atoms with van der Waals surface area (Å²) in [5, 5.41) is 11.9. The van der Waals surface area contributed by atoms with Gasteiger partial charge in [-0.05, 0) is 60.2 Å². The topological polar surface area (TPSA) is 69.6 Å². The molecule has 1 atom stereocenters. The highest BCUT2D eigenvalue weighted by Crippen LogP contribution is 2.30. The van der Waals surface area contributed by atoms with E-state index in [0.717, 1.165) is 3.57 Å². The second-order valence-electron chi connectivity index (χ2n) is 4.97. The molecule has 2 N–H and O–H groups in total. The van der Waals surface area contributed by atoms with Gasteiger partial charge in [-0.15, -0.1) is 0 Å². The Morgan fingerprint density at radius 2 is 2.00 bits per heavy atom. The molecule has 19 heavy (non-hydrogen) atoms. The molecule has 0 spiro atoms. The Morgan fingerprint density at radius 3 is 2.53 bits per heavy atom. The zero-order chi connectivity index (χ0) is 14.0. The van der Waals surface area contributed by atoms with Crippen molar-refractivity contribution in [1.82, 2.24) is 4.90 Å². The van der Waals surface area contributed by atoms with E-state index in [-0.39, 0.29) is 12.6 Å². The highest BCUT2D eigenvalue weighted by molar-refractivity contribution is 14.1. The Kier molecular flexibility index (Phi) is 3.98. The first kappa shape index (κ1) is 14.1. The summed E-state index contributed by atoms with van der Waals surface area (Å²) in [6, 6.07) is 7.22. The van der Waals surface area contributed by atoms with Crippen LogP contribution in [0.5, 0.6) is 0 Å². The van der Waals surface area contributed by atoms with Crippen LogP contribution in [0, 0.1) is 8.99 Å². The number of carbonyl (C=O) groups is 2. The number of aliphatic carboxylic acids is 1. The lowest BCUT2D eigenvalue weighted by atomic mass is 9.90. The SMILES string of the molecule is CC1(C(=O)O)CCN(C(=O)Nc2ccc(I)cc2)C1. The molecule has 0 aromatic heterocycles. The lowest BCUT2D eigenvalue weighted by Gasteiger charge is -2.20. The van der Waals surface area contributed by atoms with Gasteiger partial charge in [0.05, 0.1) is 5.41 Å². The maximum Gasteiger partial charge on any atom is 0.321 e.